The highest BCUT2D eigenvalue weighted by molar-refractivity contribution is 7.89. The third-order valence-corrected chi connectivity index (χ3v) is 11.3. The minimum atomic E-state index is -4.11. The Morgan fingerprint density at radius 2 is 1.61 bits per heavy atom. The third-order valence-electron chi connectivity index (χ3n) is 7.64. The minimum Gasteiger partial charge on any atom is -0.339 e. The van der Waals surface area contributed by atoms with Gasteiger partial charge in [-0.3, -0.25) is 0 Å². The summed E-state index contributed by atoms with van der Waals surface area (Å²) in [5, 5.41) is 5.60. The molecule has 7 nitrogen and oxygen atoms in total. The van der Waals surface area contributed by atoms with Crippen LogP contribution in [0.5, 0.6) is 0 Å². The number of fused-ring (bicyclic) bond motifs is 1. The molecule has 202 valence electrons. The molecule has 1 heterocycles. The van der Waals surface area contributed by atoms with Gasteiger partial charge in [0.1, 0.15) is 9.79 Å². The Morgan fingerprint density at radius 3 is 2.26 bits per heavy atom. The van der Waals surface area contributed by atoms with Crippen molar-refractivity contribution in [2.75, 3.05) is 18.5 Å². The molecule has 0 saturated heterocycles. The van der Waals surface area contributed by atoms with Crippen molar-refractivity contribution in [2.24, 2.45) is 11.1 Å². The Balaban J connectivity index is 1.72. The number of hydrogen-bond donors (Lipinski definition) is 1. The fourth-order valence-electron chi connectivity index (χ4n) is 5.62. The molecule has 0 amide bonds. The number of halogens is 2. The van der Waals surface area contributed by atoms with E-state index in [1.54, 1.807) is 19.2 Å². The van der Waals surface area contributed by atoms with Crippen molar-refractivity contribution in [3.05, 3.63) is 70.7 Å². The highest BCUT2D eigenvalue weighted by Gasteiger charge is 2.41. The zero-order chi connectivity index (χ0) is 27.2. The smallest absolute Gasteiger partial charge is 0.245 e. The topological polar surface area (TPSA) is 101 Å². The van der Waals surface area contributed by atoms with Crippen molar-refractivity contribution in [3.8, 4) is 11.1 Å². The van der Waals surface area contributed by atoms with Crippen LogP contribution in [0.15, 0.2) is 70.5 Å². The molecule has 2 aliphatic rings. The van der Waals surface area contributed by atoms with E-state index >= 15 is 0 Å². The van der Waals surface area contributed by atoms with Gasteiger partial charge in [0.25, 0.3) is 0 Å². The van der Waals surface area contributed by atoms with Gasteiger partial charge in [-0.1, -0.05) is 66.7 Å². The lowest BCUT2D eigenvalue weighted by atomic mass is 9.83. The van der Waals surface area contributed by atoms with E-state index in [4.69, 9.17) is 28.3 Å². The molecule has 0 aromatic heterocycles. The summed E-state index contributed by atoms with van der Waals surface area (Å²) in [5.74, 6) is 0.243. The van der Waals surface area contributed by atoms with Gasteiger partial charge >= 0.3 is 0 Å². The van der Waals surface area contributed by atoms with E-state index in [1.807, 2.05) is 35.2 Å². The van der Waals surface area contributed by atoms with E-state index in [2.05, 4.69) is 0 Å². The van der Waals surface area contributed by atoms with Crippen molar-refractivity contribution in [1.82, 2.24) is 4.31 Å². The fraction of sp³-hybridized carbons (Fsp3) is 0.333. The van der Waals surface area contributed by atoms with Crippen LogP contribution in [-0.4, -0.2) is 40.8 Å². The summed E-state index contributed by atoms with van der Waals surface area (Å²) in [6, 6.07) is 17.0. The molecule has 0 bridgehead atoms. The first-order chi connectivity index (χ1) is 18.0. The lowest BCUT2D eigenvalue weighted by Crippen LogP contribution is -2.46. The Bertz CT molecular complexity index is 1580. The third kappa shape index (κ3) is 5.08. The van der Waals surface area contributed by atoms with Crippen LogP contribution in [0, 0.1) is 5.92 Å². The monoisotopic (exact) mass is 593 g/mol. The van der Waals surface area contributed by atoms with Crippen molar-refractivity contribution >= 4 is 54.6 Å². The van der Waals surface area contributed by atoms with Crippen LogP contribution in [0.1, 0.15) is 32.1 Å². The Hall–Kier alpha value is -2.14. The summed E-state index contributed by atoms with van der Waals surface area (Å²) in [4.78, 5) is 1.88. The van der Waals surface area contributed by atoms with E-state index in [-0.39, 0.29) is 31.8 Å². The predicted octanol–water partition coefficient (Wildman–Crippen LogP) is 6.03. The number of primary sulfonamides is 1. The Kier molecular flexibility index (Phi) is 7.54. The molecule has 0 radical (unpaired) electrons. The normalized spacial score (nSPS) is 20.6. The van der Waals surface area contributed by atoms with E-state index in [9.17, 15) is 16.8 Å². The zero-order valence-electron chi connectivity index (χ0n) is 20.8. The van der Waals surface area contributed by atoms with Crippen LogP contribution >= 0.6 is 23.2 Å². The second kappa shape index (κ2) is 10.4. The van der Waals surface area contributed by atoms with Gasteiger partial charge in [-0.25, -0.2) is 22.0 Å². The first-order valence-electron chi connectivity index (χ1n) is 12.5. The molecule has 1 saturated carbocycles. The lowest BCUT2D eigenvalue weighted by molar-refractivity contribution is 0.218. The molecular formula is C27H29Cl2N3O4S2. The number of sulfonamides is 2. The van der Waals surface area contributed by atoms with Crippen molar-refractivity contribution in [3.63, 3.8) is 0 Å². The maximum Gasteiger partial charge on any atom is 0.245 e. The second-order valence-corrected chi connectivity index (χ2v) is 14.2. The molecule has 11 heteroatoms. The number of anilines is 2. The number of likely N-dealkylation sites (N-methyl/N-ethyl adjacent to an activating group) is 1. The molecule has 0 unspecified atom stereocenters. The molecule has 1 aliphatic carbocycles. The van der Waals surface area contributed by atoms with E-state index in [0.29, 0.717) is 23.4 Å². The van der Waals surface area contributed by atoms with Gasteiger partial charge in [-0.15, -0.1) is 0 Å². The van der Waals surface area contributed by atoms with Crippen molar-refractivity contribution in [2.45, 2.75) is 47.9 Å². The minimum absolute atomic E-state index is 0.0277. The number of hydrogen-bond acceptors (Lipinski definition) is 5. The first kappa shape index (κ1) is 27.4. The van der Waals surface area contributed by atoms with Gasteiger partial charge in [0.2, 0.25) is 20.0 Å². The van der Waals surface area contributed by atoms with Crippen LogP contribution < -0.4 is 10.0 Å². The summed E-state index contributed by atoms with van der Waals surface area (Å²) in [6.45, 7) is 0.490. The standard InChI is InChI=1S/C27H29Cl2N3O4S2/c1-31-25(18-8-4-2-5-9-18)17-32(20-10-6-3-7-11-20)24-16-23(29)21(15-27(24)38(31,35)36)19-12-13-22(28)26(14-19)37(30,33)34/h3,6-7,10-16,18,25H,2,4-5,8-9,17H2,1H3,(H2,30,33,34)/t25-/m0/s1. The van der Waals surface area contributed by atoms with Crippen LogP contribution in [0.25, 0.3) is 11.1 Å². The quantitative estimate of drug-likeness (QED) is 0.398. The van der Waals surface area contributed by atoms with Crippen molar-refractivity contribution in [1.29, 1.82) is 0 Å². The second-order valence-electron chi connectivity index (χ2n) is 9.92. The first-order valence-corrected chi connectivity index (χ1v) is 16.2. The Morgan fingerprint density at radius 1 is 0.921 bits per heavy atom. The number of para-hydroxylation sites is 1. The molecule has 1 aliphatic heterocycles. The number of nitrogens with zero attached hydrogens (tertiary/aromatic N) is 2. The SMILES string of the molecule is CN1[C@H](C2CCCCC2)CN(c2ccccc2)c2cc(Cl)c(-c3ccc(Cl)c(S(N)(=O)=O)c3)cc2S1(=O)=O. The lowest BCUT2D eigenvalue weighted by Gasteiger charge is -2.36. The predicted molar refractivity (Wildman–Crippen MR) is 152 cm³/mol. The average Bonchev–Trinajstić information content (AvgIpc) is 2.97. The summed E-state index contributed by atoms with van der Waals surface area (Å²) >= 11 is 12.9. The van der Waals surface area contributed by atoms with Crippen LogP contribution in [0.4, 0.5) is 11.4 Å². The molecule has 2 N–H and O–H groups in total. The Labute approximate surface area is 234 Å². The summed E-state index contributed by atoms with van der Waals surface area (Å²) < 4.78 is 54.0. The van der Waals surface area contributed by atoms with Gasteiger partial charge in [0.05, 0.1) is 15.7 Å². The summed E-state index contributed by atoms with van der Waals surface area (Å²) in [7, 11) is -6.38. The molecular weight excluding hydrogens is 565 g/mol. The van der Waals surface area contributed by atoms with Crippen LogP contribution in [0.3, 0.4) is 0 Å². The highest BCUT2D eigenvalue weighted by atomic mass is 35.5. The van der Waals surface area contributed by atoms with Gasteiger partial charge in [-0.2, -0.15) is 4.31 Å². The summed E-state index contributed by atoms with van der Waals surface area (Å²) in [6.07, 6.45) is 5.31. The van der Waals surface area contributed by atoms with Crippen LogP contribution in [-0.2, 0) is 20.0 Å². The molecule has 3 aromatic carbocycles. The van der Waals surface area contributed by atoms with E-state index in [1.165, 1.54) is 28.9 Å². The van der Waals surface area contributed by atoms with Gasteiger partial charge in [0.15, 0.2) is 0 Å². The maximum absolute atomic E-state index is 14.1. The average molecular weight is 595 g/mol. The summed E-state index contributed by atoms with van der Waals surface area (Å²) in [5.41, 5.74) is 2.11. The van der Waals surface area contributed by atoms with E-state index in [0.717, 1.165) is 31.4 Å². The molecule has 5 rings (SSSR count). The van der Waals surface area contributed by atoms with Crippen molar-refractivity contribution < 1.29 is 16.8 Å². The molecule has 38 heavy (non-hydrogen) atoms. The van der Waals surface area contributed by atoms with Gasteiger partial charge in [0, 0.05) is 30.9 Å². The molecule has 0 spiro atoms. The largest absolute Gasteiger partial charge is 0.339 e. The van der Waals surface area contributed by atoms with Crippen LogP contribution in [0.2, 0.25) is 10.0 Å². The number of rotatable bonds is 4. The molecule has 1 atom stereocenters. The fourth-order valence-corrected chi connectivity index (χ4v) is 8.57. The highest BCUT2D eigenvalue weighted by Crippen LogP contribution is 2.45. The van der Waals surface area contributed by atoms with Gasteiger partial charge in [-0.05, 0) is 60.7 Å². The van der Waals surface area contributed by atoms with Gasteiger partial charge < -0.3 is 4.90 Å². The molecule has 1 fully saturated rings. The number of nitrogens with two attached hydrogens (primary N) is 1. The molecule has 3 aromatic rings. The maximum atomic E-state index is 14.1. The van der Waals surface area contributed by atoms with E-state index < -0.39 is 20.0 Å². The number of benzene rings is 3. The zero-order valence-corrected chi connectivity index (χ0v) is 24.0.